The van der Waals surface area contributed by atoms with Gasteiger partial charge in [0.2, 0.25) is 0 Å². The quantitative estimate of drug-likeness (QED) is 0.801. The highest BCUT2D eigenvalue weighted by Crippen LogP contribution is 2.19. The molecule has 0 radical (unpaired) electrons. The molecule has 78 valence electrons. The molecular weight excluding hydrogens is 245 g/mol. The van der Waals surface area contributed by atoms with Crippen LogP contribution in [0.3, 0.4) is 0 Å². The predicted octanol–water partition coefficient (Wildman–Crippen LogP) is 3.43. The summed E-state index contributed by atoms with van der Waals surface area (Å²) in [6, 6.07) is 4.85. The SMILES string of the molecule is CCN(CC)Cc1ccc(F)cc1Br. The predicted molar refractivity (Wildman–Crippen MR) is 60.7 cm³/mol. The van der Waals surface area contributed by atoms with Crippen LogP contribution < -0.4 is 0 Å². The summed E-state index contributed by atoms with van der Waals surface area (Å²) in [5.41, 5.74) is 1.13. The van der Waals surface area contributed by atoms with Crippen molar-refractivity contribution in [3.8, 4) is 0 Å². The summed E-state index contributed by atoms with van der Waals surface area (Å²) in [5, 5.41) is 0. The first-order valence-corrected chi connectivity index (χ1v) is 5.63. The molecular formula is C11H15BrFN. The molecule has 1 rings (SSSR count). The van der Waals surface area contributed by atoms with Gasteiger partial charge in [-0.1, -0.05) is 35.8 Å². The van der Waals surface area contributed by atoms with Crippen LogP contribution in [-0.4, -0.2) is 18.0 Å². The fourth-order valence-corrected chi connectivity index (χ4v) is 1.81. The monoisotopic (exact) mass is 259 g/mol. The molecule has 0 fully saturated rings. The minimum atomic E-state index is -0.194. The van der Waals surface area contributed by atoms with Crippen LogP contribution in [0.2, 0.25) is 0 Å². The third-order valence-electron chi connectivity index (χ3n) is 2.30. The van der Waals surface area contributed by atoms with E-state index in [1.807, 2.05) is 6.07 Å². The van der Waals surface area contributed by atoms with Crippen LogP contribution in [-0.2, 0) is 6.54 Å². The number of benzene rings is 1. The second kappa shape index (κ2) is 5.47. The zero-order chi connectivity index (χ0) is 10.6. The van der Waals surface area contributed by atoms with E-state index in [4.69, 9.17) is 0 Å². The first-order valence-electron chi connectivity index (χ1n) is 4.83. The summed E-state index contributed by atoms with van der Waals surface area (Å²) in [5.74, 6) is -0.194. The van der Waals surface area contributed by atoms with Crippen LogP contribution in [0.4, 0.5) is 4.39 Å². The Bertz CT molecular complexity index is 297. The molecule has 0 unspecified atom stereocenters. The molecule has 0 bridgehead atoms. The number of rotatable bonds is 4. The van der Waals surface area contributed by atoms with E-state index in [2.05, 4.69) is 34.7 Å². The largest absolute Gasteiger partial charge is 0.300 e. The molecule has 0 saturated carbocycles. The van der Waals surface area contributed by atoms with E-state index >= 15 is 0 Å². The highest BCUT2D eigenvalue weighted by atomic mass is 79.9. The van der Waals surface area contributed by atoms with Gasteiger partial charge in [0.1, 0.15) is 5.82 Å². The molecule has 0 heterocycles. The summed E-state index contributed by atoms with van der Waals surface area (Å²) in [7, 11) is 0. The number of nitrogens with zero attached hydrogens (tertiary/aromatic N) is 1. The van der Waals surface area contributed by atoms with Crippen molar-refractivity contribution in [1.82, 2.24) is 4.90 Å². The Kier molecular flexibility index (Phi) is 4.55. The second-order valence-electron chi connectivity index (χ2n) is 3.20. The summed E-state index contributed by atoms with van der Waals surface area (Å²) in [6.45, 7) is 7.15. The van der Waals surface area contributed by atoms with Crippen molar-refractivity contribution in [2.24, 2.45) is 0 Å². The molecule has 1 aromatic rings. The van der Waals surface area contributed by atoms with Crippen LogP contribution in [0.25, 0.3) is 0 Å². The van der Waals surface area contributed by atoms with Gasteiger partial charge in [0.25, 0.3) is 0 Å². The zero-order valence-electron chi connectivity index (χ0n) is 8.56. The molecule has 0 spiro atoms. The van der Waals surface area contributed by atoms with Crippen molar-refractivity contribution in [1.29, 1.82) is 0 Å². The number of hydrogen-bond donors (Lipinski definition) is 0. The van der Waals surface area contributed by atoms with Crippen molar-refractivity contribution < 1.29 is 4.39 Å². The van der Waals surface area contributed by atoms with Gasteiger partial charge in [-0.15, -0.1) is 0 Å². The van der Waals surface area contributed by atoms with E-state index in [0.717, 1.165) is 29.7 Å². The van der Waals surface area contributed by atoms with Crippen molar-refractivity contribution in [2.75, 3.05) is 13.1 Å². The number of hydrogen-bond acceptors (Lipinski definition) is 1. The van der Waals surface area contributed by atoms with Gasteiger partial charge in [-0.3, -0.25) is 4.90 Å². The summed E-state index contributed by atoms with van der Waals surface area (Å²) in [4.78, 5) is 2.29. The standard InChI is InChI=1S/C11H15BrFN/c1-3-14(4-2)8-9-5-6-10(13)7-11(9)12/h5-7H,3-4,8H2,1-2H3. The summed E-state index contributed by atoms with van der Waals surface area (Å²) in [6.07, 6.45) is 0. The molecule has 0 aliphatic carbocycles. The van der Waals surface area contributed by atoms with Crippen LogP contribution in [0.5, 0.6) is 0 Å². The molecule has 0 N–H and O–H groups in total. The van der Waals surface area contributed by atoms with E-state index in [1.54, 1.807) is 0 Å². The average molecular weight is 260 g/mol. The zero-order valence-corrected chi connectivity index (χ0v) is 10.1. The maximum atomic E-state index is 12.8. The minimum Gasteiger partial charge on any atom is -0.300 e. The lowest BCUT2D eigenvalue weighted by molar-refractivity contribution is 0.295. The molecule has 0 amide bonds. The normalized spacial score (nSPS) is 10.9. The molecule has 0 aliphatic rings. The lowest BCUT2D eigenvalue weighted by Crippen LogP contribution is -2.22. The van der Waals surface area contributed by atoms with Gasteiger partial charge < -0.3 is 0 Å². The molecule has 1 aromatic carbocycles. The Balaban J connectivity index is 2.76. The maximum absolute atomic E-state index is 12.8. The second-order valence-corrected chi connectivity index (χ2v) is 4.05. The Morgan fingerprint density at radius 1 is 1.29 bits per heavy atom. The topological polar surface area (TPSA) is 3.24 Å². The fraction of sp³-hybridized carbons (Fsp3) is 0.455. The Labute approximate surface area is 93.0 Å². The lowest BCUT2D eigenvalue weighted by atomic mass is 10.2. The Hall–Kier alpha value is -0.410. The van der Waals surface area contributed by atoms with Crippen molar-refractivity contribution in [3.05, 3.63) is 34.1 Å². The third kappa shape index (κ3) is 3.07. The van der Waals surface area contributed by atoms with E-state index in [0.29, 0.717) is 0 Å². The van der Waals surface area contributed by atoms with E-state index in [-0.39, 0.29) is 5.82 Å². The highest BCUT2D eigenvalue weighted by Gasteiger charge is 2.05. The number of halogens is 2. The smallest absolute Gasteiger partial charge is 0.124 e. The van der Waals surface area contributed by atoms with Gasteiger partial charge in [0.15, 0.2) is 0 Å². The Morgan fingerprint density at radius 2 is 1.93 bits per heavy atom. The van der Waals surface area contributed by atoms with Crippen LogP contribution >= 0.6 is 15.9 Å². The lowest BCUT2D eigenvalue weighted by Gasteiger charge is -2.18. The van der Waals surface area contributed by atoms with Crippen molar-refractivity contribution >= 4 is 15.9 Å². The molecule has 3 heteroatoms. The molecule has 0 atom stereocenters. The molecule has 0 aromatic heterocycles. The molecule has 0 aliphatic heterocycles. The van der Waals surface area contributed by atoms with E-state index < -0.39 is 0 Å². The van der Waals surface area contributed by atoms with Gasteiger partial charge in [0, 0.05) is 11.0 Å². The minimum absolute atomic E-state index is 0.194. The fourth-order valence-electron chi connectivity index (χ4n) is 1.34. The van der Waals surface area contributed by atoms with Crippen LogP contribution in [0.1, 0.15) is 19.4 Å². The van der Waals surface area contributed by atoms with Crippen molar-refractivity contribution in [2.45, 2.75) is 20.4 Å². The maximum Gasteiger partial charge on any atom is 0.124 e. The summed E-state index contributed by atoms with van der Waals surface area (Å²) >= 11 is 3.37. The van der Waals surface area contributed by atoms with Gasteiger partial charge in [-0.2, -0.15) is 0 Å². The van der Waals surface area contributed by atoms with E-state index in [1.165, 1.54) is 12.1 Å². The van der Waals surface area contributed by atoms with Gasteiger partial charge in [-0.05, 0) is 30.8 Å². The molecule has 0 saturated heterocycles. The van der Waals surface area contributed by atoms with Crippen LogP contribution in [0, 0.1) is 5.82 Å². The van der Waals surface area contributed by atoms with E-state index in [9.17, 15) is 4.39 Å². The molecule has 14 heavy (non-hydrogen) atoms. The highest BCUT2D eigenvalue weighted by molar-refractivity contribution is 9.10. The van der Waals surface area contributed by atoms with Gasteiger partial charge in [-0.25, -0.2) is 4.39 Å². The summed E-state index contributed by atoms with van der Waals surface area (Å²) < 4.78 is 13.7. The Morgan fingerprint density at radius 3 is 2.43 bits per heavy atom. The van der Waals surface area contributed by atoms with Crippen molar-refractivity contribution in [3.63, 3.8) is 0 Å². The van der Waals surface area contributed by atoms with Gasteiger partial charge >= 0.3 is 0 Å². The first kappa shape index (κ1) is 11.7. The molecule has 1 nitrogen and oxygen atoms in total. The van der Waals surface area contributed by atoms with Crippen LogP contribution in [0.15, 0.2) is 22.7 Å². The van der Waals surface area contributed by atoms with Gasteiger partial charge in [0.05, 0.1) is 0 Å². The third-order valence-corrected chi connectivity index (χ3v) is 3.04. The average Bonchev–Trinajstić information content (AvgIpc) is 2.17. The first-order chi connectivity index (χ1) is 6.67.